The Morgan fingerprint density at radius 1 is 0.312 bits per heavy atom. The summed E-state index contributed by atoms with van der Waals surface area (Å²) in [5.74, 6) is 0.630. The normalized spacial score (nSPS) is 14.5. The van der Waals surface area contributed by atoms with E-state index in [0.29, 0.717) is 43.4 Å². The van der Waals surface area contributed by atoms with Gasteiger partial charge in [0, 0.05) is 25.7 Å². The van der Waals surface area contributed by atoms with Crippen LogP contribution in [-0.2, 0) is 65.4 Å². The van der Waals surface area contributed by atoms with Crippen molar-refractivity contribution in [3.8, 4) is 0 Å². The quantitative estimate of drug-likeness (QED) is 0.0222. The highest BCUT2D eigenvalue weighted by Gasteiger charge is 2.30. The van der Waals surface area contributed by atoms with Crippen LogP contribution in [0.1, 0.15) is 287 Å². The van der Waals surface area contributed by atoms with Crippen LogP contribution in [0.2, 0.25) is 0 Å². The summed E-state index contributed by atoms with van der Waals surface area (Å²) in [7, 11) is -9.88. The smallest absolute Gasteiger partial charge is 0.462 e. The number of hydrogen-bond acceptors (Lipinski definition) is 15. The lowest BCUT2D eigenvalue weighted by atomic mass is 10.0. The van der Waals surface area contributed by atoms with Crippen molar-refractivity contribution in [2.24, 2.45) is 23.7 Å². The molecule has 0 heterocycles. The summed E-state index contributed by atoms with van der Waals surface area (Å²) in [6.45, 7) is 13.8. The van der Waals surface area contributed by atoms with Crippen molar-refractivity contribution in [3.05, 3.63) is 0 Å². The molecule has 0 aliphatic heterocycles. The molecule has 0 aromatic carbocycles. The van der Waals surface area contributed by atoms with E-state index in [1.807, 2.05) is 0 Å². The van der Waals surface area contributed by atoms with E-state index in [1.165, 1.54) is 77.0 Å². The SMILES string of the molecule is CC(C)CCCCCCCCCCCCC(=O)O[C@H](COC(=O)CCCCCCCCC(C)C)COP(=O)(O)OC[C@@H](O)COP(=O)(O)OC[C@@H](COC(=O)CCCCCCCCC(C)C)OC(=O)CCCCCCCCC(C)C. The van der Waals surface area contributed by atoms with E-state index in [-0.39, 0.29) is 25.7 Å². The van der Waals surface area contributed by atoms with E-state index in [0.717, 1.165) is 109 Å². The summed E-state index contributed by atoms with van der Waals surface area (Å²) in [6.07, 6.45) is 29.8. The number of esters is 4. The maximum Gasteiger partial charge on any atom is 0.472 e. The van der Waals surface area contributed by atoms with Crippen LogP contribution in [0.25, 0.3) is 0 Å². The lowest BCUT2D eigenvalue weighted by Gasteiger charge is -2.21. The van der Waals surface area contributed by atoms with Gasteiger partial charge in [0.05, 0.1) is 26.4 Å². The van der Waals surface area contributed by atoms with Crippen molar-refractivity contribution in [2.45, 2.75) is 305 Å². The Labute approximate surface area is 486 Å². The molecule has 0 aromatic heterocycles. The number of phosphoric acid groups is 2. The molecule has 474 valence electrons. The van der Waals surface area contributed by atoms with Crippen LogP contribution < -0.4 is 0 Å². The predicted molar refractivity (Wildman–Crippen MR) is 317 cm³/mol. The van der Waals surface area contributed by atoms with Gasteiger partial charge < -0.3 is 33.8 Å². The Bertz CT molecular complexity index is 1610. The molecule has 0 aromatic rings. The van der Waals surface area contributed by atoms with Gasteiger partial charge in [0.25, 0.3) is 0 Å². The largest absolute Gasteiger partial charge is 0.472 e. The van der Waals surface area contributed by atoms with E-state index < -0.39 is 97.5 Å². The van der Waals surface area contributed by atoms with Crippen LogP contribution in [-0.4, -0.2) is 96.7 Å². The summed E-state index contributed by atoms with van der Waals surface area (Å²) >= 11 is 0. The van der Waals surface area contributed by atoms with Gasteiger partial charge in [-0.1, -0.05) is 235 Å². The first-order valence-electron chi connectivity index (χ1n) is 31.7. The average molecular weight is 1190 g/mol. The predicted octanol–water partition coefficient (Wildman–Crippen LogP) is 16.2. The number of carbonyl (C=O) groups is 4. The third kappa shape index (κ3) is 55.3. The van der Waals surface area contributed by atoms with Crippen LogP contribution in [0.5, 0.6) is 0 Å². The highest BCUT2D eigenvalue weighted by molar-refractivity contribution is 7.47. The summed E-state index contributed by atoms with van der Waals surface area (Å²) in [4.78, 5) is 72.0. The number of unbranched alkanes of at least 4 members (excludes halogenated alkanes) is 24. The van der Waals surface area contributed by atoms with Gasteiger partial charge in [0.2, 0.25) is 0 Å². The monoisotopic (exact) mass is 1180 g/mol. The van der Waals surface area contributed by atoms with Crippen molar-refractivity contribution in [1.82, 2.24) is 0 Å². The number of phosphoric ester groups is 2. The molecule has 3 N–H and O–H groups in total. The van der Waals surface area contributed by atoms with Gasteiger partial charge >= 0.3 is 39.5 Å². The molecule has 2 unspecified atom stereocenters. The molecule has 5 atom stereocenters. The van der Waals surface area contributed by atoms with Crippen molar-refractivity contribution in [1.29, 1.82) is 0 Å². The van der Waals surface area contributed by atoms with Crippen LogP contribution in [0.15, 0.2) is 0 Å². The number of carbonyl (C=O) groups excluding carboxylic acids is 4. The number of aliphatic hydroxyl groups is 1. The minimum atomic E-state index is -4.94. The fourth-order valence-electron chi connectivity index (χ4n) is 8.90. The van der Waals surface area contributed by atoms with Crippen molar-refractivity contribution >= 4 is 39.5 Å². The Kier molecular flexibility index (Phi) is 50.2. The van der Waals surface area contributed by atoms with Gasteiger partial charge in [-0.25, -0.2) is 9.13 Å². The molecule has 0 aliphatic carbocycles. The van der Waals surface area contributed by atoms with Crippen molar-refractivity contribution < 1.29 is 80.2 Å². The lowest BCUT2D eigenvalue weighted by Crippen LogP contribution is -2.30. The molecule has 0 bridgehead atoms. The number of ether oxygens (including phenoxy) is 4. The van der Waals surface area contributed by atoms with E-state index in [1.54, 1.807) is 0 Å². The first kappa shape index (κ1) is 78.1. The van der Waals surface area contributed by atoms with Gasteiger partial charge in [-0.3, -0.25) is 37.3 Å². The Balaban J connectivity index is 5.23. The molecule has 0 rings (SSSR count). The van der Waals surface area contributed by atoms with Gasteiger partial charge in [0.15, 0.2) is 12.2 Å². The minimum absolute atomic E-state index is 0.100. The van der Waals surface area contributed by atoms with E-state index in [2.05, 4.69) is 55.4 Å². The molecular formula is C61H118O17P2. The van der Waals surface area contributed by atoms with Crippen LogP contribution in [0, 0.1) is 23.7 Å². The second kappa shape index (κ2) is 51.5. The zero-order valence-electron chi connectivity index (χ0n) is 51.7. The zero-order valence-corrected chi connectivity index (χ0v) is 53.5. The molecule has 0 spiro atoms. The Hall–Kier alpha value is -1.94. The fraction of sp³-hybridized carbons (Fsp3) is 0.934. The van der Waals surface area contributed by atoms with Gasteiger partial charge in [0.1, 0.15) is 19.3 Å². The number of hydrogen-bond donors (Lipinski definition) is 3. The summed E-state index contributed by atoms with van der Waals surface area (Å²) < 4.78 is 67.8. The lowest BCUT2D eigenvalue weighted by molar-refractivity contribution is -0.161. The summed E-state index contributed by atoms with van der Waals surface area (Å²) in [6, 6.07) is 0. The molecule has 80 heavy (non-hydrogen) atoms. The van der Waals surface area contributed by atoms with Gasteiger partial charge in [-0.05, 0) is 49.4 Å². The Morgan fingerprint density at radius 3 is 0.775 bits per heavy atom. The van der Waals surface area contributed by atoms with Gasteiger partial charge in [-0.15, -0.1) is 0 Å². The van der Waals surface area contributed by atoms with Gasteiger partial charge in [-0.2, -0.15) is 0 Å². The van der Waals surface area contributed by atoms with Crippen LogP contribution in [0.3, 0.4) is 0 Å². The molecule has 17 nitrogen and oxygen atoms in total. The second-order valence-corrected chi connectivity index (χ2v) is 26.9. The van der Waals surface area contributed by atoms with Crippen molar-refractivity contribution in [3.63, 3.8) is 0 Å². The van der Waals surface area contributed by atoms with E-state index in [9.17, 15) is 43.2 Å². The van der Waals surface area contributed by atoms with E-state index >= 15 is 0 Å². The third-order valence-corrected chi connectivity index (χ3v) is 15.7. The first-order valence-corrected chi connectivity index (χ1v) is 34.7. The standard InChI is InChI=1S/C61H118O17P2/c1-51(2)37-29-21-13-11-9-10-12-14-27-35-43-60(65)77-56(47-71-58(63)41-33-25-18-15-22-30-38-52(3)4)49-75-79(67,68)73-45-55(62)46-74-80(69,70)76-50-57(78-61(66)44-36-28-20-17-24-32-40-54(7)8)48-72-59(64)42-34-26-19-16-23-31-39-53(5)6/h51-57,62H,9-50H2,1-8H3,(H,67,68)(H,69,70)/t55-,56-,57-/m1/s1. The zero-order chi connectivity index (χ0) is 59.7. The molecule has 19 heteroatoms. The average Bonchev–Trinajstić information content (AvgIpc) is 3.39. The maximum absolute atomic E-state index is 12.9. The fourth-order valence-corrected chi connectivity index (χ4v) is 10.5. The molecule has 0 aliphatic rings. The van der Waals surface area contributed by atoms with Crippen LogP contribution in [0.4, 0.5) is 0 Å². The third-order valence-electron chi connectivity index (χ3n) is 13.8. The molecule has 0 fully saturated rings. The molecule has 0 saturated carbocycles. The summed E-state index contributed by atoms with van der Waals surface area (Å²) in [5.41, 5.74) is 0. The number of aliphatic hydroxyl groups excluding tert-OH is 1. The highest BCUT2D eigenvalue weighted by Crippen LogP contribution is 2.45. The minimum Gasteiger partial charge on any atom is -0.462 e. The highest BCUT2D eigenvalue weighted by atomic mass is 31.2. The second-order valence-electron chi connectivity index (χ2n) is 24.0. The summed E-state index contributed by atoms with van der Waals surface area (Å²) in [5, 5.41) is 10.5. The molecule has 0 amide bonds. The van der Waals surface area contributed by atoms with Crippen molar-refractivity contribution in [2.75, 3.05) is 39.6 Å². The topological polar surface area (TPSA) is 237 Å². The van der Waals surface area contributed by atoms with Crippen LogP contribution >= 0.6 is 15.6 Å². The Morgan fingerprint density at radius 2 is 0.525 bits per heavy atom. The molecule has 0 radical (unpaired) electrons. The van der Waals surface area contributed by atoms with E-state index in [4.69, 9.17) is 37.0 Å². The first-order chi connectivity index (χ1) is 38.1. The molecule has 0 saturated heterocycles. The molecular weight excluding hydrogens is 1070 g/mol. The maximum atomic E-state index is 12.9. The number of rotatable bonds is 58.